The molecular formula is C17H22N2O2. The standard InChI is InChI=1S/C17H22N2O2/c1-3-4-12-21-14-9-7-13(8-10-14)16(18)17-15(20-2)6-5-11-19-17/h5-11,16H,3-4,12,18H2,1-2H3. The van der Waals surface area contributed by atoms with E-state index in [1.807, 2.05) is 36.4 Å². The number of rotatable bonds is 7. The summed E-state index contributed by atoms with van der Waals surface area (Å²) in [5.41, 5.74) is 8.00. The van der Waals surface area contributed by atoms with Gasteiger partial charge in [-0.05, 0) is 36.2 Å². The molecule has 0 radical (unpaired) electrons. The quantitative estimate of drug-likeness (QED) is 0.793. The number of unbranched alkanes of at least 4 members (excludes halogenated alkanes) is 1. The van der Waals surface area contributed by atoms with Gasteiger partial charge in [-0.3, -0.25) is 4.98 Å². The average Bonchev–Trinajstić information content (AvgIpc) is 2.55. The third kappa shape index (κ3) is 3.95. The molecule has 0 aliphatic heterocycles. The molecule has 1 aromatic heterocycles. The molecule has 4 heteroatoms. The Morgan fingerprint density at radius 3 is 2.62 bits per heavy atom. The van der Waals surface area contributed by atoms with Gasteiger partial charge in [-0.2, -0.15) is 0 Å². The van der Waals surface area contributed by atoms with Crippen molar-refractivity contribution < 1.29 is 9.47 Å². The van der Waals surface area contributed by atoms with E-state index in [1.165, 1.54) is 0 Å². The summed E-state index contributed by atoms with van der Waals surface area (Å²) in [7, 11) is 1.62. The van der Waals surface area contributed by atoms with Crippen molar-refractivity contribution >= 4 is 0 Å². The van der Waals surface area contributed by atoms with Crippen LogP contribution in [-0.4, -0.2) is 18.7 Å². The maximum Gasteiger partial charge on any atom is 0.142 e. The molecule has 2 rings (SSSR count). The third-order valence-corrected chi connectivity index (χ3v) is 3.32. The third-order valence-electron chi connectivity index (χ3n) is 3.32. The van der Waals surface area contributed by atoms with Crippen LogP contribution in [0.4, 0.5) is 0 Å². The summed E-state index contributed by atoms with van der Waals surface area (Å²) in [6.07, 6.45) is 3.91. The van der Waals surface area contributed by atoms with E-state index in [4.69, 9.17) is 15.2 Å². The van der Waals surface area contributed by atoms with Crippen LogP contribution < -0.4 is 15.2 Å². The summed E-state index contributed by atoms with van der Waals surface area (Å²) < 4.78 is 11.0. The van der Waals surface area contributed by atoms with Gasteiger partial charge in [0, 0.05) is 6.20 Å². The van der Waals surface area contributed by atoms with Gasteiger partial charge in [0.1, 0.15) is 17.2 Å². The van der Waals surface area contributed by atoms with Crippen LogP contribution in [0.25, 0.3) is 0 Å². The van der Waals surface area contributed by atoms with Gasteiger partial charge in [0.2, 0.25) is 0 Å². The van der Waals surface area contributed by atoms with Crippen molar-refractivity contribution in [1.82, 2.24) is 4.98 Å². The summed E-state index contributed by atoms with van der Waals surface area (Å²) in [6.45, 7) is 2.89. The Balaban J connectivity index is 2.10. The summed E-state index contributed by atoms with van der Waals surface area (Å²) in [5.74, 6) is 1.57. The first-order valence-corrected chi connectivity index (χ1v) is 7.23. The Labute approximate surface area is 125 Å². The number of nitrogens with two attached hydrogens (primary N) is 1. The molecule has 2 aromatic rings. The highest BCUT2D eigenvalue weighted by atomic mass is 16.5. The lowest BCUT2D eigenvalue weighted by molar-refractivity contribution is 0.309. The molecule has 0 amide bonds. The molecule has 4 nitrogen and oxygen atoms in total. The molecule has 0 spiro atoms. The maximum atomic E-state index is 6.28. The number of hydrogen-bond acceptors (Lipinski definition) is 4. The largest absolute Gasteiger partial charge is 0.495 e. The van der Waals surface area contributed by atoms with Crippen molar-refractivity contribution in [2.24, 2.45) is 5.73 Å². The minimum Gasteiger partial charge on any atom is -0.495 e. The van der Waals surface area contributed by atoms with Gasteiger partial charge in [-0.25, -0.2) is 0 Å². The Morgan fingerprint density at radius 2 is 1.95 bits per heavy atom. The van der Waals surface area contributed by atoms with E-state index in [9.17, 15) is 0 Å². The minimum atomic E-state index is -0.314. The van der Waals surface area contributed by atoms with Crippen LogP contribution in [0.15, 0.2) is 42.6 Å². The Bertz CT molecular complexity index is 555. The van der Waals surface area contributed by atoms with Crippen LogP contribution in [0.1, 0.15) is 37.1 Å². The van der Waals surface area contributed by atoms with Gasteiger partial charge in [-0.15, -0.1) is 0 Å². The van der Waals surface area contributed by atoms with Crippen molar-refractivity contribution in [2.75, 3.05) is 13.7 Å². The highest BCUT2D eigenvalue weighted by Gasteiger charge is 2.15. The minimum absolute atomic E-state index is 0.314. The van der Waals surface area contributed by atoms with Gasteiger partial charge in [0.15, 0.2) is 0 Å². The van der Waals surface area contributed by atoms with E-state index in [-0.39, 0.29) is 6.04 Å². The lowest BCUT2D eigenvalue weighted by Crippen LogP contribution is -2.14. The van der Waals surface area contributed by atoms with Gasteiger partial charge in [-0.1, -0.05) is 25.5 Å². The highest BCUT2D eigenvalue weighted by Crippen LogP contribution is 2.27. The number of aromatic nitrogens is 1. The van der Waals surface area contributed by atoms with Crippen LogP contribution in [0.5, 0.6) is 11.5 Å². The molecule has 112 valence electrons. The summed E-state index contributed by atoms with van der Waals surface area (Å²) in [4.78, 5) is 4.33. The van der Waals surface area contributed by atoms with Crippen molar-refractivity contribution in [3.8, 4) is 11.5 Å². The molecular weight excluding hydrogens is 264 g/mol. The SMILES string of the molecule is CCCCOc1ccc(C(N)c2ncccc2OC)cc1. The van der Waals surface area contributed by atoms with E-state index in [2.05, 4.69) is 11.9 Å². The molecule has 0 bridgehead atoms. The molecule has 0 fully saturated rings. The second kappa shape index (κ2) is 7.64. The topological polar surface area (TPSA) is 57.4 Å². The number of methoxy groups -OCH3 is 1. The first-order chi connectivity index (χ1) is 10.3. The fourth-order valence-corrected chi connectivity index (χ4v) is 2.07. The maximum absolute atomic E-state index is 6.28. The molecule has 0 saturated carbocycles. The van der Waals surface area contributed by atoms with E-state index >= 15 is 0 Å². The molecule has 1 atom stereocenters. The second-order valence-electron chi connectivity index (χ2n) is 4.84. The van der Waals surface area contributed by atoms with E-state index in [1.54, 1.807) is 13.3 Å². The van der Waals surface area contributed by atoms with E-state index in [0.717, 1.165) is 36.5 Å². The Hall–Kier alpha value is -2.07. The Kier molecular flexibility index (Phi) is 5.58. The predicted molar refractivity (Wildman–Crippen MR) is 83.7 cm³/mol. The van der Waals surface area contributed by atoms with E-state index < -0.39 is 0 Å². The molecule has 0 aliphatic rings. The smallest absolute Gasteiger partial charge is 0.142 e. The lowest BCUT2D eigenvalue weighted by Gasteiger charge is -2.15. The summed E-state index contributed by atoms with van der Waals surface area (Å²) in [6, 6.07) is 11.2. The zero-order chi connectivity index (χ0) is 15.1. The predicted octanol–water partition coefficient (Wildman–Crippen LogP) is 3.32. The number of ether oxygens (including phenoxy) is 2. The summed E-state index contributed by atoms with van der Waals surface area (Å²) >= 11 is 0. The zero-order valence-electron chi connectivity index (χ0n) is 12.6. The Morgan fingerprint density at radius 1 is 1.19 bits per heavy atom. The van der Waals surface area contributed by atoms with Crippen molar-refractivity contribution in [2.45, 2.75) is 25.8 Å². The van der Waals surface area contributed by atoms with E-state index in [0.29, 0.717) is 5.75 Å². The first-order valence-electron chi connectivity index (χ1n) is 7.23. The summed E-state index contributed by atoms with van der Waals surface area (Å²) in [5, 5.41) is 0. The fraction of sp³-hybridized carbons (Fsp3) is 0.353. The molecule has 0 aliphatic carbocycles. The zero-order valence-corrected chi connectivity index (χ0v) is 12.6. The molecule has 2 N–H and O–H groups in total. The number of nitrogens with zero attached hydrogens (tertiary/aromatic N) is 1. The van der Waals surface area contributed by atoms with Crippen LogP contribution in [-0.2, 0) is 0 Å². The van der Waals surface area contributed by atoms with Gasteiger partial charge in [0.25, 0.3) is 0 Å². The average molecular weight is 286 g/mol. The van der Waals surface area contributed by atoms with Gasteiger partial charge < -0.3 is 15.2 Å². The monoisotopic (exact) mass is 286 g/mol. The fourth-order valence-electron chi connectivity index (χ4n) is 2.07. The van der Waals surface area contributed by atoms with Crippen LogP contribution in [0.3, 0.4) is 0 Å². The molecule has 1 aromatic carbocycles. The van der Waals surface area contributed by atoms with Crippen molar-refractivity contribution in [3.63, 3.8) is 0 Å². The van der Waals surface area contributed by atoms with Crippen LogP contribution in [0, 0.1) is 0 Å². The van der Waals surface area contributed by atoms with Crippen LogP contribution >= 0.6 is 0 Å². The normalized spacial score (nSPS) is 12.0. The highest BCUT2D eigenvalue weighted by molar-refractivity contribution is 5.38. The molecule has 1 heterocycles. The first kappa shape index (κ1) is 15.3. The van der Waals surface area contributed by atoms with Gasteiger partial charge in [0.05, 0.1) is 19.8 Å². The number of benzene rings is 1. The molecule has 21 heavy (non-hydrogen) atoms. The number of hydrogen-bond donors (Lipinski definition) is 1. The number of pyridine rings is 1. The second-order valence-corrected chi connectivity index (χ2v) is 4.84. The molecule has 1 unspecified atom stereocenters. The van der Waals surface area contributed by atoms with Gasteiger partial charge >= 0.3 is 0 Å². The van der Waals surface area contributed by atoms with Crippen molar-refractivity contribution in [3.05, 3.63) is 53.9 Å². The van der Waals surface area contributed by atoms with Crippen LogP contribution in [0.2, 0.25) is 0 Å². The van der Waals surface area contributed by atoms with Crippen molar-refractivity contribution in [1.29, 1.82) is 0 Å². The molecule has 0 saturated heterocycles. The lowest BCUT2D eigenvalue weighted by atomic mass is 10.0.